The SMILES string of the molecule is Cc1ccc(F)c(C(=O)C(C)(C)N2CCCCCC2)c1F. The summed E-state index contributed by atoms with van der Waals surface area (Å²) in [5, 5.41) is 0. The van der Waals surface area contributed by atoms with Crippen molar-refractivity contribution in [3.63, 3.8) is 0 Å². The molecule has 2 rings (SSSR count). The first kappa shape index (κ1) is 16.1. The summed E-state index contributed by atoms with van der Waals surface area (Å²) >= 11 is 0. The minimum Gasteiger partial charge on any atom is -0.292 e. The summed E-state index contributed by atoms with van der Waals surface area (Å²) in [7, 11) is 0. The Hall–Kier alpha value is -1.29. The Labute approximate surface area is 125 Å². The first-order valence-electron chi connectivity index (χ1n) is 7.60. The summed E-state index contributed by atoms with van der Waals surface area (Å²) in [4.78, 5) is 14.8. The van der Waals surface area contributed by atoms with Gasteiger partial charge in [0.1, 0.15) is 11.6 Å². The molecular formula is C17H23F2NO. The molecule has 2 nitrogen and oxygen atoms in total. The zero-order valence-electron chi connectivity index (χ0n) is 13.0. The highest BCUT2D eigenvalue weighted by molar-refractivity contribution is 6.03. The van der Waals surface area contributed by atoms with E-state index in [1.807, 2.05) is 0 Å². The summed E-state index contributed by atoms with van der Waals surface area (Å²) in [6.45, 7) is 6.68. The molecule has 0 unspecified atom stereocenters. The first-order chi connectivity index (χ1) is 9.85. The Kier molecular flexibility index (Phi) is 4.77. The summed E-state index contributed by atoms with van der Waals surface area (Å²) in [6, 6.07) is 2.53. The number of carbonyl (C=O) groups is 1. The van der Waals surface area contributed by atoms with Gasteiger partial charge in [-0.05, 0) is 58.3 Å². The van der Waals surface area contributed by atoms with Gasteiger partial charge in [0.05, 0.1) is 11.1 Å². The smallest absolute Gasteiger partial charge is 0.188 e. The van der Waals surface area contributed by atoms with E-state index < -0.39 is 28.5 Å². The number of carbonyl (C=O) groups excluding carboxylic acids is 1. The lowest BCUT2D eigenvalue weighted by Crippen LogP contribution is -2.51. The Morgan fingerprint density at radius 2 is 1.67 bits per heavy atom. The fourth-order valence-electron chi connectivity index (χ4n) is 2.94. The molecule has 4 heteroatoms. The third-order valence-corrected chi connectivity index (χ3v) is 4.46. The van der Waals surface area contributed by atoms with E-state index in [1.54, 1.807) is 20.8 Å². The van der Waals surface area contributed by atoms with Gasteiger partial charge >= 0.3 is 0 Å². The van der Waals surface area contributed by atoms with Gasteiger partial charge in [-0.15, -0.1) is 0 Å². The quantitative estimate of drug-likeness (QED) is 0.782. The van der Waals surface area contributed by atoms with E-state index in [4.69, 9.17) is 0 Å². The number of nitrogens with zero attached hydrogens (tertiary/aromatic N) is 1. The number of hydrogen-bond acceptors (Lipinski definition) is 2. The second kappa shape index (κ2) is 6.22. The third kappa shape index (κ3) is 3.15. The molecular weight excluding hydrogens is 272 g/mol. The Morgan fingerprint density at radius 1 is 1.10 bits per heavy atom. The molecule has 0 aliphatic carbocycles. The van der Waals surface area contributed by atoms with Crippen LogP contribution in [0.3, 0.4) is 0 Å². The van der Waals surface area contributed by atoms with Gasteiger partial charge in [0, 0.05) is 0 Å². The molecule has 116 valence electrons. The van der Waals surface area contributed by atoms with Crippen LogP contribution in [0.25, 0.3) is 0 Å². The Morgan fingerprint density at radius 3 is 2.24 bits per heavy atom. The zero-order valence-corrected chi connectivity index (χ0v) is 13.0. The lowest BCUT2D eigenvalue weighted by atomic mass is 9.89. The number of hydrogen-bond donors (Lipinski definition) is 0. The largest absolute Gasteiger partial charge is 0.292 e. The number of benzene rings is 1. The van der Waals surface area contributed by atoms with Crippen LogP contribution in [0.2, 0.25) is 0 Å². The third-order valence-electron chi connectivity index (χ3n) is 4.46. The van der Waals surface area contributed by atoms with Crippen molar-refractivity contribution in [2.45, 2.75) is 52.0 Å². The lowest BCUT2D eigenvalue weighted by molar-refractivity contribution is 0.0640. The van der Waals surface area contributed by atoms with Gasteiger partial charge in [0.15, 0.2) is 5.78 Å². The monoisotopic (exact) mass is 295 g/mol. The highest BCUT2D eigenvalue weighted by Gasteiger charge is 2.38. The molecule has 0 amide bonds. The minimum atomic E-state index is -0.889. The average molecular weight is 295 g/mol. The van der Waals surface area contributed by atoms with E-state index in [2.05, 4.69) is 4.90 Å². The number of halogens is 2. The molecule has 21 heavy (non-hydrogen) atoms. The molecule has 0 radical (unpaired) electrons. The van der Waals surface area contributed by atoms with E-state index in [9.17, 15) is 13.6 Å². The van der Waals surface area contributed by atoms with Gasteiger partial charge < -0.3 is 0 Å². The average Bonchev–Trinajstić information content (AvgIpc) is 2.72. The second-order valence-electron chi connectivity index (χ2n) is 6.34. The van der Waals surface area contributed by atoms with Crippen molar-refractivity contribution < 1.29 is 13.6 Å². The zero-order chi connectivity index (χ0) is 15.6. The number of aryl methyl sites for hydroxylation is 1. The van der Waals surface area contributed by atoms with Crippen molar-refractivity contribution in [2.75, 3.05) is 13.1 Å². The molecule has 1 aliphatic rings. The topological polar surface area (TPSA) is 20.3 Å². The molecule has 1 heterocycles. The van der Waals surface area contributed by atoms with E-state index in [-0.39, 0.29) is 0 Å². The van der Waals surface area contributed by atoms with Crippen molar-refractivity contribution in [3.8, 4) is 0 Å². The van der Waals surface area contributed by atoms with Crippen LogP contribution in [0.15, 0.2) is 12.1 Å². The van der Waals surface area contributed by atoms with Gasteiger partial charge in [-0.25, -0.2) is 8.78 Å². The number of Topliss-reactive ketones (excluding diaryl/α,β-unsaturated/α-hetero) is 1. The predicted octanol–water partition coefficient (Wildman–Crippen LogP) is 4.11. The molecule has 0 spiro atoms. The summed E-state index contributed by atoms with van der Waals surface area (Å²) in [6.07, 6.45) is 4.34. The van der Waals surface area contributed by atoms with E-state index >= 15 is 0 Å². The highest BCUT2D eigenvalue weighted by atomic mass is 19.1. The van der Waals surface area contributed by atoms with Crippen LogP contribution >= 0.6 is 0 Å². The normalized spacial score (nSPS) is 17.6. The lowest BCUT2D eigenvalue weighted by Gasteiger charge is -2.36. The van der Waals surface area contributed by atoms with E-state index in [0.29, 0.717) is 5.56 Å². The van der Waals surface area contributed by atoms with Gasteiger partial charge in [-0.3, -0.25) is 9.69 Å². The Balaban J connectivity index is 2.35. The van der Waals surface area contributed by atoms with Crippen molar-refractivity contribution >= 4 is 5.78 Å². The van der Waals surface area contributed by atoms with Crippen molar-refractivity contribution in [1.82, 2.24) is 4.90 Å². The van der Waals surface area contributed by atoms with Crippen molar-refractivity contribution in [3.05, 3.63) is 34.9 Å². The molecule has 1 aromatic rings. The molecule has 1 aliphatic heterocycles. The van der Waals surface area contributed by atoms with Gasteiger partial charge in [0.2, 0.25) is 0 Å². The van der Waals surface area contributed by atoms with Crippen LogP contribution in [-0.4, -0.2) is 29.3 Å². The number of rotatable bonds is 3. The van der Waals surface area contributed by atoms with Crippen molar-refractivity contribution in [1.29, 1.82) is 0 Å². The van der Waals surface area contributed by atoms with Crippen LogP contribution in [0.5, 0.6) is 0 Å². The Bertz CT molecular complexity index is 532. The first-order valence-corrected chi connectivity index (χ1v) is 7.60. The molecule has 1 aromatic carbocycles. The second-order valence-corrected chi connectivity index (χ2v) is 6.34. The van der Waals surface area contributed by atoms with Gasteiger partial charge in [-0.2, -0.15) is 0 Å². The highest BCUT2D eigenvalue weighted by Crippen LogP contribution is 2.27. The maximum absolute atomic E-state index is 14.2. The standard InChI is InChI=1S/C17H23F2NO/c1-12-8-9-13(18)14(15(12)19)16(21)17(2,3)20-10-6-4-5-7-11-20/h8-9H,4-7,10-11H2,1-3H3. The van der Waals surface area contributed by atoms with Crippen LogP contribution in [0, 0.1) is 18.6 Å². The van der Waals surface area contributed by atoms with Gasteiger partial charge in [0.25, 0.3) is 0 Å². The molecule has 0 saturated carbocycles. The number of likely N-dealkylation sites (tertiary alicyclic amines) is 1. The van der Waals surface area contributed by atoms with Crippen LogP contribution in [0.4, 0.5) is 8.78 Å². The summed E-state index contributed by atoms with van der Waals surface area (Å²) in [5.74, 6) is -1.98. The summed E-state index contributed by atoms with van der Waals surface area (Å²) < 4.78 is 28.2. The summed E-state index contributed by atoms with van der Waals surface area (Å²) in [5.41, 5.74) is -0.990. The maximum atomic E-state index is 14.2. The van der Waals surface area contributed by atoms with Gasteiger partial charge in [-0.1, -0.05) is 18.9 Å². The predicted molar refractivity (Wildman–Crippen MR) is 79.5 cm³/mol. The van der Waals surface area contributed by atoms with E-state index in [1.165, 1.54) is 12.1 Å². The molecule has 0 atom stereocenters. The maximum Gasteiger partial charge on any atom is 0.188 e. The van der Waals surface area contributed by atoms with E-state index in [0.717, 1.165) is 38.8 Å². The fraction of sp³-hybridized carbons (Fsp3) is 0.588. The van der Waals surface area contributed by atoms with Crippen LogP contribution < -0.4 is 0 Å². The van der Waals surface area contributed by atoms with Crippen LogP contribution in [-0.2, 0) is 0 Å². The van der Waals surface area contributed by atoms with Crippen molar-refractivity contribution in [2.24, 2.45) is 0 Å². The molecule has 1 saturated heterocycles. The molecule has 1 fully saturated rings. The minimum absolute atomic E-state index is 0.298. The van der Waals surface area contributed by atoms with Crippen LogP contribution in [0.1, 0.15) is 55.5 Å². The molecule has 0 aromatic heterocycles. The molecule has 0 bridgehead atoms. The number of ketones is 1. The fourth-order valence-corrected chi connectivity index (χ4v) is 2.94. The molecule has 0 N–H and O–H groups in total.